The van der Waals surface area contributed by atoms with E-state index >= 15 is 0 Å². The predicted octanol–water partition coefficient (Wildman–Crippen LogP) is 2.14. The molecular weight excluding hydrogens is 214 g/mol. The molecule has 1 aromatic rings. The number of likely N-dealkylation sites (N-methyl/N-ethyl adjacent to an activating group) is 1. The van der Waals surface area contributed by atoms with E-state index in [2.05, 4.69) is 30.3 Å². The Bertz CT molecular complexity index is 394. The molecule has 1 rings (SSSR count). The molecule has 4 heteroatoms. The SMILES string of the molecule is CCNCC(=Cc1c(C)nn(C)c1OC)CC. The smallest absolute Gasteiger partial charge is 0.218 e. The molecule has 1 N–H and O–H groups in total. The molecule has 0 atom stereocenters. The molecule has 0 radical (unpaired) electrons. The van der Waals surface area contributed by atoms with Crippen molar-refractivity contribution >= 4 is 6.08 Å². The molecule has 0 amide bonds. The van der Waals surface area contributed by atoms with Crippen LogP contribution >= 0.6 is 0 Å². The van der Waals surface area contributed by atoms with Gasteiger partial charge >= 0.3 is 0 Å². The van der Waals surface area contributed by atoms with Gasteiger partial charge < -0.3 is 10.1 Å². The van der Waals surface area contributed by atoms with Gasteiger partial charge in [-0.1, -0.05) is 19.4 Å². The third kappa shape index (κ3) is 3.33. The van der Waals surface area contributed by atoms with Crippen LogP contribution in [0, 0.1) is 6.92 Å². The monoisotopic (exact) mass is 237 g/mol. The Kier molecular flexibility index (Phi) is 5.22. The molecule has 0 aliphatic carbocycles. The zero-order valence-corrected chi connectivity index (χ0v) is 11.5. The minimum absolute atomic E-state index is 0.824. The fraction of sp³-hybridized carbons (Fsp3) is 0.615. The van der Waals surface area contributed by atoms with Gasteiger partial charge in [-0.15, -0.1) is 0 Å². The average Bonchev–Trinajstić information content (AvgIpc) is 2.58. The van der Waals surface area contributed by atoms with Gasteiger partial charge in [-0.3, -0.25) is 0 Å². The highest BCUT2D eigenvalue weighted by molar-refractivity contribution is 5.60. The second-order valence-corrected chi connectivity index (χ2v) is 4.07. The van der Waals surface area contributed by atoms with E-state index in [1.165, 1.54) is 5.57 Å². The Morgan fingerprint density at radius 2 is 2.18 bits per heavy atom. The van der Waals surface area contributed by atoms with Crippen molar-refractivity contribution in [2.45, 2.75) is 27.2 Å². The summed E-state index contributed by atoms with van der Waals surface area (Å²) in [5.41, 5.74) is 3.46. The van der Waals surface area contributed by atoms with Crippen LogP contribution in [0.15, 0.2) is 5.57 Å². The Hall–Kier alpha value is -1.29. The number of ether oxygens (including phenoxy) is 1. The summed E-state index contributed by atoms with van der Waals surface area (Å²) in [4.78, 5) is 0. The molecule has 0 fully saturated rings. The molecule has 0 spiro atoms. The number of nitrogens with one attached hydrogen (secondary N) is 1. The molecule has 4 nitrogen and oxygen atoms in total. The van der Waals surface area contributed by atoms with Gasteiger partial charge in [0.05, 0.1) is 18.4 Å². The van der Waals surface area contributed by atoms with Crippen LogP contribution in [0.2, 0.25) is 0 Å². The summed E-state index contributed by atoms with van der Waals surface area (Å²) in [6.07, 6.45) is 3.22. The second-order valence-electron chi connectivity index (χ2n) is 4.07. The molecule has 0 aliphatic rings. The molecule has 0 bridgehead atoms. The first-order chi connectivity index (χ1) is 8.13. The van der Waals surface area contributed by atoms with Crippen LogP contribution in [-0.2, 0) is 7.05 Å². The number of methoxy groups -OCH3 is 1. The summed E-state index contributed by atoms with van der Waals surface area (Å²) in [6.45, 7) is 8.20. The van der Waals surface area contributed by atoms with Crippen LogP contribution in [0.3, 0.4) is 0 Å². The molecule has 0 unspecified atom stereocenters. The van der Waals surface area contributed by atoms with Gasteiger partial charge in [0.2, 0.25) is 5.88 Å². The van der Waals surface area contributed by atoms with Crippen molar-refractivity contribution < 1.29 is 4.74 Å². The van der Waals surface area contributed by atoms with Crippen molar-refractivity contribution in [1.29, 1.82) is 0 Å². The summed E-state index contributed by atoms with van der Waals surface area (Å²) in [6, 6.07) is 0. The van der Waals surface area contributed by atoms with Crippen LogP contribution in [0.1, 0.15) is 31.5 Å². The fourth-order valence-corrected chi connectivity index (χ4v) is 1.83. The lowest BCUT2D eigenvalue weighted by Crippen LogP contribution is -2.15. The summed E-state index contributed by atoms with van der Waals surface area (Å²) in [5.74, 6) is 0.824. The van der Waals surface area contributed by atoms with E-state index in [0.717, 1.165) is 36.6 Å². The molecule has 0 saturated carbocycles. The highest BCUT2D eigenvalue weighted by atomic mass is 16.5. The van der Waals surface area contributed by atoms with Gasteiger partial charge in [0.25, 0.3) is 0 Å². The number of rotatable bonds is 6. The minimum Gasteiger partial charge on any atom is -0.481 e. The zero-order valence-electron chi connectivity index (χ0n) is 11.5. The first-order valence-electron chi connectivity index (χ1n) is 6.11. The highest BCUT2D eigenvalue weighted by Gasteiger charge is 2.11. The Labute approximate surface area is 104 Å². The van der Waals surface area contributed by atoms with Crippen LogP contribution in [0.4, 0.5) is 0 Å². The Balaban J connectivity index is 3.01. The van der Waals surface area contributed by atoms with E-state index < -0.39 is 0 Å². The van der Waals surface area contributed by atoms with Gasteiger partial charge in [-0.05, 0) is 26.0 Å². The van der Waals surface area contributed by atoms with Gasteiger partial charge in [-0.25, -0.2) is 4.68 Å². The van der Waals surface area contributed by atoms with Gasteiger partial charge in [0, 0.05) is 13.6 Å². The molecular formula is C13H23N3O. The summed E-state index contributed by atoms with van der Waals surface area (Å²) in [7, 11) is 3.59. The predicted molar refractivity (Wildman–Crippen MR) is 71.3 cm³/mol. The van der Waals surface area contributed by atoms with Crippen LogP contribution in [-0.4, -0.2) is 30.0 Å². The lowest BCUT2D eigenvalue weighted by Gasteiger charge is -2.06. The number of hydrogen-bond acceptors (Lipinski definition) is 3. The zero-order chi connectivity index (χ0) is 12.8. The third-order valence-corrected chi connectivity index (χ3v) is 2.81. The number of nitrogens with zero attached hydrogens (tertiary/aromatic N) is 2. The molecule has 1 heterocycles. The maximum atomic E-state index is 5.38. The Morgan fingerprint density at radius 3 is 2.71 bits per heavy atom. The van der Waals surface area contributed by atoms with Crippen molar-refractivity contribution in [3.05, 3.63) is 16.8 Å². The maximum Gasteiger partial charge on any atom is 0.218 e. The number of aromatic nitrogens is 2. The normalized spacial score (nSPS) is 11.9. The van der Waals surface area contributed by atoms with E-state index in [1.54, 1.807) is 11.8 Å². The Morgan fingerprint density at radius 1 is 1.47 bits per heavy atom. The quantitative estimate of drug-likeness (QED) is 0.824. The highest BCUT2D eigenvalue weighted by Crippen LogP contribution is 2.24. The van der Waals surface area contributed by atoms with E-state index in [-0.39, 0.29) is 0 Å². The first-order valence-corrected chi connectivity index (χ1v) is 6.11. The minimum atomic E-state index is 0.824. The molecule has 0 aliphatic heterocycles. The summed E-state index contributed by atoms with van der Waals surface area (Å²) in [5, 5.41) is 7.72. The van der Waals surface area contributed by atoms with Crippen molar-refractivity contribution in [3.63, 3.8) is 0 Å². The topological polar surface area (TPSA) is 39.1 Å². The number of hydrogen-bond donors (Lipinski definition) is 1. The van der Waals surface area contributed by atoms with Gasteiger partial charge in [-0.2, -0.15) is 5.10 Å². The molecule has 1 aromatic heterocycles. The van der Waals surface area contributed by atoms with Crippen molar-refractivity contribution in [3.8, 4) is 5.88 Å². The van der Waals surface area contributed by atoms with Crippen molar-refractivity contribution in [1.82, 2.24) is 15.1 Å². The molecule has 0 saturated heterocycles. The summed E-state index contributed by atoms with van der Waals surface area (Å²) >= 11 is 0. The first kappa shape index (κ1) is 13.8. The van der Waals surface area contributed by atoms with Crippen LogP contribution in [0.25, 0.3) is 6.08 Å². The van der Waals surface area contributed by atoms with E-state index in [1.807, 2.05) is 14.0 Å². The van der Waals surface area contributed by atoms with Gasteiger partial charge in [0.15, 0.2) is 0 Å². The maximum absolute atomic E-state index is 5.38. The standard InChI is InChI=1S/C13H23N3O/c1-6-11(9-14-7-2)8-12-10(3)15-16(4)13(12)17-5/h8,14H,6-7,9H2,1-5H3. The lowest BCUT2D eigenvalue weighted by molar-refractivity contribution is 0.372. The molecule has 0 aromatic carbocycles. The van der Waals surface area contributed by atoms with Crippen LogP contribution in [0.5, 0.6) is 5.88 Å². The van der Waals surface area contributed by atoms with E-state index in [0.29, 0.717) is 0 Å². The second kappa shape index (κ2) is 6.45. The average molecular weight is 237 g/mol. The van der Waals surface area contributed by atoms with E-state index in [9.17, 15) is 0 Å². The van der Waals surface area contributed by atoms with Crippen LogP contribution < -0.4 is 10.1 Å². The summed E-state index contributed by atoms with van der Waals surface area (Å²) < 4.78 is 7.16. The molecule has 96 valence electrons. The third-order valence-electron chi connectivity index (χ3n) is 2.81. The van der Waals surface area contributed by atoms with E-state index in [4.69, 9.17) is 4.74 Å². The van der Waals surface area contributed by atoms with Crippen molar-refractivity contribution in [2.75, 3.05) is 20.2 Å². The fourth-order valence-electron chi connectivity index (χ4n) is 1.83. The molecule has 17 heavy (non-hydrogen) atoms. The number of aryl methyl sites for hydroxylation is 2. The van der Waals surface area contributed by atoms with Crippen molar-refractivity contribution in [2.24, 2.45) is 7.05 Å². The largest absolute Gasteiger partial charge is 0.481 e. The lowest BCUT2D eigenvalue weighted by atomic mass is 10.1. The van der Waals surface area contributed by atoms with Gasteiger partial charge in [0.1, 0.15) is 0 Å².